The second kappa shape index (κ2) is 25.0. The van der Waals surface area contributed by atoms with E-state index in [-0.39, 0.29) is 55.6 Å². The summed E-state index contributed by atoms with van der Waals surface area (Å²) in [6.07, 6.45) is 15.2. The fraction of sp³-hybridized carbons (Fsp3) is 0.829. The number of carbonyl (C=O) groups excluding carboxylic acids is 4. The number of ketones is 1. The molecule has 0 aromatic carbocycles. The lowest BCUT2D eigenvalue weighted by Gasteiger charge is -2.18. The van der Waals surface area contributed by atoms with Crippen molar-refractivity contribution < 1.29 is 43.6 Å². The van der Waals surface area contributed by atoms with E-state index < -0.39 is 24.3 Å². The minimum absolute atomic E-state index is 0.0689. The molecular weight excluding hydrogens is 564 g/mol. The number of carbonyl (C=O) groups is 4. The fourth-order valence-corrected chi connectivity index (χ4v) is 5.45. The van der Waals surface area contributed by atoms with Gasteiger partial charge in [-0.1, -0.05) is 97.1 Å². The van der Waals surface area contributed by atoms with Gasteiger partial charge in [-0.25, -0.2) is 0 Å². The lowest BCUT2D eigenvalue weighted by atomic mass is 9.88. The zero-order valence-electron chi connectivity index (χ0n) is 27.6. The Hall–Kier alpha value is -2.26. The molecule has 1 rings (SSSR count). The number of aliphatic hydroxyl groups excluding tert-OH is 2. The number of Topliss-reactive ketones (excluding diaryl/α,β-unsaturated/α-hetero) is 1. The molecule has 2 N–H and O–H groups in total. The van der Waals surface area contributed by atoms with E-state index in [0.29, 0.717) is 32.1 Å². The third-order valence-corrected chi connectivity index (χ3v) is 8.17. The van der Waals surface area contributed by atoms with Crippen molar-refractivity contribution >= 4 is 23.7 Å². The highest BCUT2D eigenvalue weighted by molar-refractivity contribution is 5.84. The summed E-state index contributed by atoms with van der Waals surface area (Å²) in [5.41, 5.74) is 0. The van der Waals surface area contributed by atoms with Crippen LogP contribution in [0.15, 0.2) is 12.2 Å². The van der Waals surface area contributed by atoms with Gasteiger partial charge >= 0.3 is 17.9 Å². The predicted molar refractivity (Wildman–Crippen MR) is 170 cm³/mol. The maximum Gasteiger partial charge on any atom is 0.306 e. The van der Waals surface area contributed by atoms with Gasteiger partial charge in [0.1, 0.15) is 19.0 Å². The molecule has 254 valence electrons. The number of hydrogen-bond acceptors (Lipinski definition) is 9. The van der Waals surface area contributed by atoms with Crippen LogP contribution in [-0.4, -0.2) is 65.4 Å². The first-order valence-electron chi connectivity index (χ1n) is 17.3. The SMILES string of the molecule is CCCCCC(=O)OCC(COC(=O)CCCCC)OC(=O)CCCCCC[C@H]1C(=O)C[C@@H](O)[C@@H]1/C=C/[C@@H](O)CCCCC. The van der Waals surface area contributed by atoms with Gasteiger partial charge in [0.05, 0.1) is 12.2 Å². The molecule has 44 heavy (non-hydrogen) atoms. The fourth-order valence-electron chi connectivity index (χ4n) is 5.45. The molecule has 9 heteroatoms. The Labute approximate surface area is 265 Å². The third-order valence-electron chi connectivity index (χ3n) is 8.17. The molecule has 1 fully saturated rings. The molecule has 0 aromatic heterocycles. The minimum atomic E-state index is -0.845. The summed E-state index contributed by atoms with van der Waals surface area (Å²) in [7, 11) is 0. The third kappa shape index (κ3) is 18.5. The minimum Gasteiger partial charge on any atom is -0.462 e. The van der Waals surface area contributed by atoms with Gasteiger partial charge in [0.25, 0.3) is 0 Å². The number of esters is 3. The van der Waals surface area contributed by atoms with E-state index in [2.05, 4.69) is 20.8 Å². The Morgan fingerprint density at radius 1 is 0.773 bits per heavy atom. The first-order chi connectivity index (χ1) is 21.2. The molecule has 0 radical (unpaired) electrons. The monoisotopic (exact) mass is 624 g/mol. The number of ether oxygens (including phenoxy) is 3. The van der Waals surface area contributed by atoms with Gasteiger partial charge < -0.3 is 24.4 Å². The summed E-state index contributed by atoms with van der Waals surface area (Å²) < 4.78 is 16.1. The van der Waals surface area contributed by atoms with Gasteiger partial charge in [-0.3, -0.25) is 19.2 Å². The molecule has 0 amide bonds. The van der Waals surface area contributed by atoms with Crippen LogP contribution in [0.2, 0.25) is 0 Å². The van der Waals surface area contributed by atoms with E-state index in [0.717, 1.165) is 77.0 Å². The molecule has 0 aromatic rings. The molecule has 1 aliphatic carbocycles. The highest BCUT2D eigenvalue weighted by Gasteiger charge is 2.39. The van der Waals surface area contributed by atoms with E-state index in [4.69, 9.17) is 14.2 Å². The lowest BCUT2D eigenvalue weighted by Crippen LogP contribution is -2.30. The van der Waals surface area contributed by atoms with Gasteiger partial charge in [0, 0.05) is 37.5 Å². The molecule has 1 aliphatic rings. The van der Waals surface area contributed by atoms with Gasteiger partial charge in [0.2, 0.25) is 0 Å². The van der Waals surface area contributed by atoms with Crippen molar-refractivity contribution in [3.8, 4) is 0 Å². The maximum absolute atomic E-state index is 12.5. The van der Waals surface area contributed by atoms with Gasteiger partial charge in [-0.05, 0) is 32.1 Å². The smallest absolute Gasteiger partial charge is 0.306 e. The molecule has 4 atom stereocenters. The van der Waals surface area contributed by atoms with Gasteiger partial charge in [-0.15, -0.1) is 0 Å². The number of unbranched alkanes of at least 4 members (excludes halogenated alkanes) is 9. The molecule has 0 bridgehead atoms. The van der Waals surface area contributed by atoms with Crippen LogP contribution in [-0.2, 0) is 33.4 Å². The Morgan fingerprint density at radius 3 is 1.89 bits per heavy atom. The second-order valence-corrected chi connectivity index (χ2v) is 12.2. The molecule has 0 unspecified atom stereocenters. The van der Waals surface area contributed by atoms with E-state index in [1.165, 1.54) is 0 Å². The van der Waals surface area contributed by atoms with Crippen molar-refractivity contribution in [1.29, 1.82) is 0 Å². The molecule has 0 saturated heterocycles. The standard InChI is InChI=1S/C35H60O9/c1-4-7-12-17-27(36)22-23-30-29(31(37)24-32(30)38)18-15-10-11-16-21-35(41)44-28(25-42-33(39)19-13-8-5-2)26-43-34(40)20-14-9-6-3/h22-23,27-30,32,36,38H,4-21,24-26H2,1-3H3/b23-22+/t27-,29+,30+,32+/m0/s1. The van der Waals surface area contributed by atoms with Crippen molar-refractivity contribution in [1.82, 2.24) is 0 Å². The van der Waals surface area contributed by atoms with Crippen LogP contribution in [0.4, 0.5) is 0 Å². The largest absolute Gasteiger partial charge is 0.462 e. The average molecular weight is 625 g/mol. The molecule has 1 saturated carbocycles. The molecule has 0 spiro atoms. The van der Waals surface area contributed by atoms with E-state index >= 15 is 0 Å². The van der Waals surface area contributed by atoms with Crippen LogP contribution in [0.25, 0.3) is 0 Å². The van der Waals surface area contributed by atoms with E-state index in [1.54, 1.807) is 6.08 Å². The zero-order valence-corrected chi connectivity index (χ0v) is 27.6. The van der Waals surface area contributed by atoms with Crippen molar-refractivity contribution in [3.63, 3.8) is 0 Å². The molecule has 9 nitrogen and oxygen atoms in total. The number of aliphatic hydroxyl groups is 2. The summed E-state index contributed by atoms with van der Waals surface area (Å²) in [6, 6.07) is 0. The zero-order chi connectivity index (χ0) is 32.6. The maximum atomic E-state index is 12.5. The van der Waals surface area contributed by atoms with Crippen molar-refractivity contribution in [2.75, 3.05) is 13.2 Å². The summed E-state index contributed by atoms with van der Waals surface area (Å²) in [4.78, 5) is 49.1. The summed E-state index contributed by atoms with van der Waals surface area (Å²) in [6.45, 7) is 5.92. The molecule has 0 heterocycles. The van der Waals surface area contributed by atoms with Crippen LogP contribution < -0.4 is 0 Å². The highest BCUT2D eigenvalue weighted by atomic mass is 16.6. The van der Waals surface area contributed by atoms with Crippen molar-refractivity contribution in [2.24, 2.45) is 11.8 Å². The highest BCUT2D eigenvalue weighted by Crippen LogP contribution is 2.34. The Bertz CT molecular complexity index is 814. The quantitative estimate of drug-likeness (QED) is 0.0475. The van der Waals surface area contributed by atoms with Crippen LogP contribution in [0.1, 0.15) is 143 Å². The van der Waals surface area contributed by atoms with Crippen molar-refractivity contribution in [3.05, 3.63) is 12.2 Å². The topological polar surface area (TPSA) is 136 Å². The number of hydrogen-bond donors (Lipinski definition) is 2. The second-order valence-electron chi connectivity index (χ2n) is 12.2. The normalized spacial score (nSPS) is 19.0. The van der Waals surface area contributed by atoms with E-state index in [9.17, 15) is 29.4 Å². The molecule has 0 aliphatic heterocycles. The van der Waals surface area contributed by atoms with Gasteiger partial charge in [-0.2, -0.15) is 0 Å². The summed E-state index contributed by atoms with van der Waals surface area (Å²) in [5, 5.41) is 20.6. The Morgan fingerprint density at radius 2 is 1.30 bits per heavy atom. The van der Waals surface area contributed by atoms with Crippen LogP contribution in [0.3, 0.4) is 0 Å². The lowest BCUT2D eigenvalue weighted by molar-refractivity contribution is -0.167. The first kappa shape index (κ1) is 39.8. The summed E-state index contributed by atoms with van der Waals surface area (Å²) in [5.74, 6) is -1.60. The van der Waals surface area contributed by atoms with Crippen LogP contribution >= 0.6 is 0 Å². The molecular formula is C35H60O9. The Balaban J connectivity index is 2.44. The van der Waals surface area contributed by atoms with Crippen LogP contribution in [0.5, 0.6) is 0 Å². The van der Waals surface area contributed by atoms with Gasteiger partial charge in [0.15, 0.2) is 6.10 Å². The predicted octanol–water partition coefficient (Wildman–Crippen LogP) is 6.55. The average Bonchev–Trinajstić information content (AvgIpc) is 3.26. The first-order valence-corrected chi connectivity index (χ1v) is 17.3. The van der Waals surface area contributed by atoms with Crippen LogP contribution in [0, 0.1) is 11.8 Å². The Kier molecular flexibility index (Phi) is 22.6. The van der Waals surface area contributed by atoms with Crippen molar-refractivity contribution in [2.45, 2.75) is 161 Å². The summed E-state index contributed by atoms with van der Waals surface area (Å²) >= 11 is 0. The van der Waals surface area contributed by atoms with E-state index in [1.807, 2.05) is 6.08 Å². The number of rotatable bonds is 26.